The van der Waals surface area contributed by atoms with E-state index >= 15 is 0 Å². The number of aromatic nitrogens is 1. The lowest BCUT2D eigenvalue weighted by Gasteiger charge is -2.05. The molecule has 1 aromatic heterocycles. The van der Waals surface area contributed by atoms with Crippen LogP contribution in [0.15, 0.2) is 53.9 Å². The SMILES string of the molecule is COc1ccc(-c2nc(CC(=O)NCc3ccccc3F)cs2)cc1. The Morgan fingerprint density at radius 1 is 1.20 bits per heavy atom. The number of hydrogen-bond donors (Lipinski definition) is 1. The van der Waals surface area contributed by atoms with Gasteiger partial charge in [-0.25, -0.2) is 9.37 Å². The molecule has 1 amide bonds. The monoisotopic (exact) mass is 356 g/mol. The number of amides is 1. The molecule has 0 saturated heterocycles. The fourth-order valence-corrected chi connectivity index (χ4v) is 3.14. The molecule has 1 heterocycles. The van der Waals surface area contributed by atoms with Crippen molar-refractivity contribution >= 4 is 17.2 Å². The highest BCUT2D eigenvalue weighted by Gasteiger charge is 2.10. The van der Waals surface area contributed by atoms with Crippen molar-refractivity contribution in [3.63, 3.8) is 0 Å². The third-order valence-corrected chi connectivity index (χ3v) is 4.60. The van der Waals surface area contributed by atoms with Crippen molar-refractivity contribution in [2.24, 2.45) is 0 Å². The minimum Gasteiger partial charge on any atom is -0.497 e. The average molecular weight is 356 g/mol. The molecule has 0 atom stereocenters. The Labute approximate surface area is 149 Å². The van der Waals surface area contributed by atoms with Gasteiger partial charge in [-0.3, -0.25) is 4.79 Å². The highest BCUT2D eigenvalue weighted by molar-refractivity contribution is 7.13. The van der Waals surface area contributed by atoms with Crippen LogP contribution in [0.5, 0.6) is 5.75 Å². The van der Waals surface area contributed by atoms with Crippen LogP contribution in [0.3, 0.4) is 0 Å². The van der Waals surface area contributed by atoms with Crippen LogP contribution in [0.4, 0.5) is 4.39 Å². The first-order valence-corrected chi connectivity index (χ1v) is 8.62. The highest BCUT2D eigenvalue weighted by Crippen LogP contribution is 2.25. The Morgan fingerprint density at radius 3 is 2.68 bits per heavy atom. The molecular weight excluding hydrogens is 339 g/mol. The summed E-state index contributed by atoms with van der Waals surface area (Å²) >= 11 is 1.48. The zero-order valence-electron chi connectivity index (χ0n) is 13.7. The Hall–Kier alpha value is -2.73. The number of rotatable bonds is 6. The molecule has 0 aliphatic heterocycles. The maximum absolute atomic E-state index is 13.5. The predicted octanol–water partition coefficient (Wildman–Crippen LogP) is 3.82. The molecule has 1 N–H and O–H groups in total. The van der Waals surface area contributed by atoms with Gasteiger partial charge in [0.1, 0.15) is 16.6 Å². The summed E-state index contributed by atoms with van der Waals surface area (Å²) in [5.74, 6) is 0.279. The lowest BCUT2D eigenvalue weighted by atomic mass is 10.2. The first-order valence-electron chi connectivity index (χ1n) is 7.74. The Morgan fingerprint density at radius 2 is 1.96 bits per heavy atom. The van der Waals surface area contributed by atoms with Gasteiger partial charge in [-0.2, -0.15) is 0 Å². The molecule has 0 saturated carbocycles. The fourth-order valence-electron chi connectivity index (χ4n) is 2.32. The number of nitrogens with one attached hydrogen (secondary N) is 1. The van der Waals surface area contributed by atoms with Crippen LogP contribution in [0, 0.1) is 5.82 Å². The molecule has 3 aromatic rings. The van der Waals surface area contributed by atoms with E-state index in [0.29, 0.717) is 11.3 Å². The Balaban J connectivity index is 1.59. The lowest BCUT2D eigenvalue weighted by Crippen LogP contribution is -2.25. The van der Waals surface area contributed by atoms with Crippen molar-refractivity contribution in [1.82, 2.24) is 10.3 Å². The molecule has 6 heteroatoms. The van der Waals surface area contributed by atoms with E-state index in [1.165, 1.54) is 17.4 Å². The van der Waals surface area contributed by atoms with E-state index in [9.17, 15) is 9.18 Å². The third kappa shape index (κ3) is 4.42. The van der Waals surface area contributed by atoms with Crippen molar-refractivity contribution in [2.45, 2.75) is 13.0 Å². The molecular formula is C19H17FN2O2S. The number of benzene rings is 2. The van der Waals surface area contributed by atoms with Gasteiger partial charge in [0.05, 0.1) is 19.2 Å². The van der Waals surface area contributed by atoms with Gasteiger partial charge in [-0.1, -0.05) is 18.2 Å². The van der Waals surface area contributed by atoms with E-state index in [0.717, 1.165) is 16.3 Å². The highest BCUT2D eigenvalue weighted by atomic mass is 32.1. The van der Waals surface area contributed by atoms with Crippen LogP contribution in [0.1, 0.15) is 11.3 Å². The molecule has 2 aromatic carbocycles. The van der Waals surface area contributed by atoms with Gasteiger partial charge in [0.15, 0.2) is 0 Å². The van der Waals surface area contributed by atoms with Crippen molar-refractivity contribution in [1.29, 1.82) is 0 Å². The molecule has 0 unspecified atom stereocenters. The van der Waals surface area contributed by atoms with Gasteiger partial charge in [0.2, 0.25) is 5.91 Å². The molecule has 25 heavy (non-hydrogen) atoms. The maximum atomic E-state index is 13.5. The summed E-state index contributed by atoms with van der Waals surface area (Å²) in [6.45, 7) is 0.168. The molecule has 3 rings (SSSR count). The number of carbonyl (C=O) groups is 1. The van der Waals surface area contributed by atoms with E-state index in [1.54, 1.807) is 25.3 Å². The van der Waals surface area contributed by atoms with Crippen LogP contribution in [0.25, 0.3) is 10.6 Å². The minimum atomic E-state index is -0.321. The standard InChI is InChI=1S/C19H17FN2O2S/c1-24-16-8-6-13(7-9-16)19-22-15(12-25-19)10-18(23)21-11-14-4-2-3-5-17(14)20/h2-9,12H,10-11H2,1H3,(H,21,23). The summed E-state index contributed by atoms with van der Waals surface area (Å²) in [6, 6.07) is 14.0. The number of ether oxygens (including phenoxy) is 1. The number of nitrogens with zero attached hydrogens (tertiary/aromatic N) is 1. The van der Waals surface area contributed by atoms with Crippen molar-refractivity contribution in [2.75, 3.05) is 7.11 Å². The summed E-state index contributed by atoms with van der Waals surface area (Å²) in [5.41, 5.74) is 2.14. The first-order chi connectivity index (χ1) is 12.2. The fraction of sp³-hybridized carbons (Fsp3) is 0.158. The summed E-state index contributed by atoms with van der Waals surface area (Å²) in [5, 5.41) is 5.43. The van der Waals surface area contributed by atoms with Gasteiger partial charge in [0, 0.05) is 23.1 Å². The number of thiazole rings is 1. The number of halogens is 1. The van der Waals surface area contributed by atoms with E-state index in [1.807, 2.05) is 29.6 Å². The normalized spacial score (nSPS) is 10.5. The molecule has 0 aliphatic carbocycles. The summed E-state index contributed by atoms with van der Waals surface area (Å²) < 4.78 is 18.7. The zero-order chi connectivity index (χ0) is 17.6. The Bertz CT molecular complexity index is 862. The number of hydrogen-bond acceptors (Lipinski definition) is 4. The van der Waals surface area contributed by atoms with E-state index in [2.05, 4.69) is 10.3 Å². The molecule has 0 radical (unpaired) electrons. The zero-order valence-corrected chi connectivity index (χ0v) is 14.5. The molecule has 4 nitrogen and oxygen atoms in total. The quantitative estimate of drug-likeness (QED) is 0.731. The largest absolute Gasteiger partial charge is 0.497 e. The van der Waals surface area contributed by atoms with E-state index in [-0.39, 0.29) is 24.7 Å². The van der Waals surface area contributed by atoms with Crippen molar-refractivity contribution in [3.8, 4) is 16.3 Å². The number of carbonyl (C=O) groups excluding carboxylic acids is 1. The van der Waals surface area contributed by atoms with E-state index in [4.69, 9.17) is 4.74 Å². The second-order valence-corrected chi connectivity index (χ2v) is 6.28. The second kappa shape index (κ2) is 7.90. The van der Waals surface area contributed by atoms with Gasteiger partial charge in [-0.15, -0.1) is 11.3 Å². The Kier molecular flexibility index (Phi) is 5.40. The molecule has 0 aliphatic rings. The van der Waals surface area contributed by atoms with Crippen LogP contribution in [0.2, 0.25) is 0 Å². The van der Waals surface area contributed by atoms with E-state index < -0.39 is 0 Å². The smallest absolute Gasteiger partial charge is 0.226 e. The number of methoxy groups -OCH3 is 1. The van der Waals surface area contributed by atoms with Crippen molar-refractivity contribution in [3.05, 3.63) is 71.0 Å². The molecule has 0 fully saturated rings. The van der Waals surface area contributed by atoms with Crippen LogP contribution < -0.4 is 10.1 Å². The average Bonchev–Trinajstić information content (AvgIpc) is 3.09. The maximum Gasteiger partial charge on any atom is 0.226 e. The predicted molar refractivity (Wildman–Crippen MR) is 96.1 cm³/mol. The third-order valence-electron chi connectivity index (χ3n) is 3.66. The molecule has 0 spiro atoms. The molecule has 128 valence electrons. The minimum absolute atomic E-state index is 0.168. The summed E-state index contributed by atoms with van der Waals surface area (Å²) in [7, 11) is 1.62. The van der Waals surface area contributed by atoms with Gasteiger partial charge >= 0.3 is 0 Å². The van der Waals surface area contributed by atoms with Crippen molar-refractivity contribution < 1.29 is 13.9 Å². The van der Waals surface area contributed by atoms with Gasteiger partial charge in [-0.05, 0) is 30.3 Å². The lowest BCUT2D eigenvalue weighted by molar-refractivity contribution is -0.120. The second-order valence-electron chi connectivity index (χ2n) is 5.42. The topological polar surface area (TPSA) is 51.2 Å². The van der Waals surface area contributed by atoms with Crippen LogP contribution >= 0.6 is 11.3 Å². The van der Waals surface area contributed by atoms with Gasteiger partial charge in [0.25, 0.3) is 0 Å². The summed E-state index contributed by atoms with van der Waals surface area (Å²) in [4.78, 5) is 16.5. The first kappa shape index (κ1) is 17.1. The summed E-state index contributed by atoms with van der Waals surface area (Å²) in [6.07, 6.45) is 0.168. The van der Waals surface area contributed by atoms with Crippen LogP contribution in [-0.2, 0) is 17.8 Å². The van der Waals surface area contributed by atoms with Gasteiger partial charge < -0.3 is 10.1 Å². The molecule has 0 bridgehead atoms. The van der Waals surface area contributed by atoms with Crippen LogP contribution in [-0.4, -0.2) is 18.0 Å².